The fourth-order valence-corrected chi connectivity index (χ4v) is 3.08. The Labute approximate surface area is 115 Å². The van der Waals surface area contributed by atoms with Crippen LogP contribution in [-0.4, -0.2) is 40.5 Å². The van der Waals surface area contributed by atoms with Crippen LogP contribution in [0.1, 0.15) is 19.7 Å². The molecule has 1 amide bonds. The van der Waals surface area contributed by atoms with Crippen molar-refractivity contribution in [2.45, 2.75) is 20.3 Å². The molecule has 6 heteroatoms. The summed E-state index contributed by atoms with van der Waals surface area (Å²) < 4.78 is 0. The summed E-state index contributed by atoms with van der Waals surface area (Å²) in [6.07, 6.45) is 0.806. The molecule has 100 valence electrons. The molecule has 2 aromatic rings. The summed E-state index contributed by atoms with van der Waals surface area (Å²) in [7, 11) is 0. The molecule has 3 rings (SSSR count). The molecular weight excluding hydrogens is 260 g/mol. The zero-order valence-corrected chi connectivity index (χ0v) is 11.9. The van der Waals surface area contributed by atoms with E-state index in [0.29, 0.717) is 13.2 Å². The standard InChI is InChI=1S/C13H16N4OS/c1-3-10-14-12(9-5-6-19-13(9)15-10)17-7-11(18)16(4-2)8-17/h5-6H,3-4,7-8H2,1-2H3. The third kappa shape index (κ3) is 2.06. The van der Waals surface area contributed by atoms with Crippen molar-refractivity contribution in [1.29, 1.82) is 0 Å². The monoisotopic (exact) mass is 276 g/mol. The zero-order valence-electron chi connectivity index (χ0n) is 11.1. The van der Waals surface area contributed by atoms with Crippen LogP contribution in [0, 0.1) is 0 Å². The Morgan fingerprint density at radius 3 is 2.89 bits per heavy atom. The Balaban J connectivity index is 2.04. The molecule has 0 aliphatic carbocycles. The molecule has 0 bridgehead atoms. The lowest BCUT2D eigenvalue weighted by Crippen LogP contribution is -2.27. The minimum absolute atomic E-state index is 0.169. The van der Waals surface area contributed by atoms with Gasteiger partial charge in [0.2, 0.25) is 5.91 Å². The number of likely N-dealkylation sites (N-methyl/N-ethyl adjacent to an activating group) is 1. The summed E-state index contributed by atoms with van der Waals surface area (Å²) in [5.74, 6) is 1.90. The molecule has 2 aromatic heterocycles. The summed E-state index contributed by atoms with van der Waals surface area (Å²) in [6.45, 7) is 5.83. The Hall–Kier alpha value is -1.69. The topological polar surface area (TPSA) is 49.3 Å². The third-order valence-corrected chi connectivity index (χ3v) is 4.18. The van der Waals surface area contributed by atoms with Crippen molar-refractivity contribution in [3.63, 3.8) is 0 Å². The second kappa shape index (κ2) is 4.77. The first-order chi connectivity index (χ1) is 9.22. The molecule has 0 spiro atoms. The highest BCUT2D eigenvalue weighted by Gasteiger charge is 2.28. The molecule has 19 heavy (non-hydrogen) atoms. The van der Waals surface area contributed by atoms with E-state index in [1.165, 1.54) is 0 Å². The van der Waals surface area contributed by atoms with Crippen LogP contribution < -0.4 is 4.90 Å². The van der Waals surface area contributed by atoms with Crippen molar-refractivity contribution in [2.24, 2.45) is 0 Å². The molecule has 3 heterocycles. The van der Waals surface area contributed by atoms with Gasteiger partial charge in [-0.15, -0.1) is 11.3 Å². The van der Waals surface area contributed by atoms with Crippen LogP contribution >= 0.6 is 11.3 Å². The van der Waals surface area contributed by atoms with E-state index in [0.717, 1.165) is 34.8 Å². The number of amides is 1. The van der Waals surface area contributed by atoms with Crippen molar-refractivity contribution < 1.29 is 4.79 Å². The molecule has 1 aliphatic heterocycles. The van der Waals surface area contributed by atoms with E-state index < -0.39 is 0 Å². The highest BCUT2D eigenvalue weighted by atomic mass is 32.1. The molecule has 0 atom stereocenters. The lowest BCUT2D eigenvalue weighted by Gasteiger charge is -2.18. The van der Waals surface area contributed by atoms with Gasteiger partial charge >= 0.3 is 0 Å². The summed E-state index contributed by atoms with van der Waals surface area (Å²) in [4.78, 5) is 25.9. The molecular formula is C13H16N4OS. The number of carbonyl (C=O) groups is 1. The van der Waals surface area contributed by atoms with Gasteiger partial charge in [0, 0.05) is 13.0 Å². The Morgan fingerprint density at radius 1 is 1.37 bits per heavy atom. The minimum Gasteiger partial charge on any atom is -0.329 e. The van der Waals surface area contributed by atoms with Gasteiger partial charge in [-0.1, -0.05) is 6.92 Å². The molecule has 0 unspecified atom stereocenters. The lowest BCUT2D eigenvalue weighted by atomic mass is 10.3. The first kappa shape index (κ1) is 12.3. The molecule has 1 fully saturated rings. The molecule has 0 N–H and O–H groups in total. The zero-order chi connectivity index (χ0) is 13.4. The van der Waals surface area contributed by atoms with E-state index in [-0.39, 0.29) is 5.91 Å². The van der Waals surface area contributed by atoms with Crippen molar-refractivity contribution >= 4 is 33.3 Å². The number of hydrogen-bond acceptors (Lipinski definition) is 5. The van der Waals surface area contributed by atoms with Gasteiger partial charge in [0.1, 0.15) is 23.0 Å². The van der Waals surface area contributed by atoms with E-state index in [9.17, 15) is 4.79 Å². The van der Waals surface area contributed by atoms with Crippen molar-refractivity contribution in [3.8, 4) is 0 Å². The number of hydrogen-bond donors (Lipinski definition) is 0. The van der Waals surface area contributed by atoms with Gasteiger partial charge in [-0.05, 0) is 18.4 Å². The largest absolute Gasteiger partial charge is 0.329 e. The van der Waals surface area contributed by atoms with Gasteiger partial charge in [-0.25, -0.2) is 9.97 Å². The van der Waals surface area contributed by atoms with E-state index in [2.05, 4.69) is 9.97 Å². The Kier molecular flexibility index (Phi) is 3.10. The highest BCUT2D eigenvalue weighted by Crippen LogP contribution is 2.29. The van der Waals surface area contributed by atoms with Crippen molar-refractivity contribution in [3.05, 3.63) is 17.3 Å². The number of rotatable bonds is 3. The van der Waals surface area contributed by atoms with Crippen LogP contribution in [0.25, 0.3) is 10.2 Å². The second-order valence-electron chi connectivity index (χ2n) is 4.55. The van der Waals surface area contributed by atoms with E-state index in [1.54, 1.807) is 11.3 Å². The van der Waals surface area contributed by atoms with Gasteiger partial charge < -0.3 is 9.80 Å². The predicted octanol–water partition coefficient (Wildman–Crippen LogP) is 1.88. The molecule has 0 saturated carbocycles. The SMILES string of the molecule is CCc1nc(N2CC(=O)N(CC)C2)c2ccsc2n1. The maximum atomic E-state index is 11.9. The second-order valence-corrected chi connectivity index (χ2v) is 5.44. The predicted molar refractivity (Wildman–Crippen MR) is 76.4 cm³/mol. The third-order valence-electron chi connectivity index (χ3n) is 3.37. The summed E-state index contributed by atoms with van der Waals surface area (Å²) in [6, 6.07) is 2.04. The fraction of sp³-hybridized carbons (Fsp3) is 0.462. The number of aryl methyl sites for hydroxylation is 1. The minimum atomic E-state index is 0.169. The van der Waals surface area contributed by atoms with Crippen molar-refractivity contribution in [1.82, 2.24) is 14.9 Å². The van der Waals surface area contributed by atoms with Crippen LogP contribution in [-0.2, 0) is 11.2 Å². The molecule has 0 radical (unpaired) electrons. The number of aromatic nitrogens is 2. The first-order valence-electron chi connectivity index (χ1n) is 6.49. The average Bonchev–Trinajstić information content (AvgIpc) is 3.03. The lowest BCUT2D eigenvalue weighted by molar-refractivity contribution is -0.126. The van der Waals surface area contributed by atoms with Gasteiger partial charge in [-0.2, -0.15) is 0 Å². The van der Waals surface area contributed by atoms with Gasteiger partial charge in [0.05, 0.1) is 12.1 Å². The smallest absolute Gasteiger partial charge is 0.243 e. The van der Waals surface area contributed by atoms with Gasteiger partial charge in [0.15, 0.2) is 0 Å². The quantitative estimate of drug-likeness (QED) is 0.859. The van der Waals surface area contributed by atoms with Crippen LogP contribution in [0.5, 0.6) is 0 Å². The highest BCUT2D eigenvalue weighted by molar-refractivity contribution is 7.16. The number of fused-ring (bicyclic) bond motifs is 1. The maximum absolute atomic E-state index is 11.9. The van der Waals surface area contributed by atoms with Crippen LogP contribution in [0.3, 0.4) is 0 Å². The molecule has 0 aromatic carbocycles. The Bertz CT molecular complexity index is 624. The number of carbonyl (C=O) groups excluding carboxylic acids is 1. The van der Waals surface area contributed by atoms with Crippen LogP contribution in [0.4, 0.5) is 5.82 Å². The molecule has 1 saturated heterocycles. The summed E-state index contributed by atoms with van der Waals surface area (Å²) in [5, 5.41) is 3.07. The van der Waals surface area contributed by atoms with E-state index in [4.69, 9.17) is 0 Å². The fourth-order valence-electron chi connectivity index (χ4n) is 2.30. The number of thiophene rings is 1. The normalized spacial score (nSPS) is 15.8. The molecule has 5 nitrogen and oxygen atoms in total. The molecule has 1 aliphatic rings. The van der Waals surface area contributed by atoms with E-state index in [1.807, 2.05) is 35.1 Å². The Morgan fingerprint density at radius 2 is 2.21 bits per heavy atom. The van der Waals surface area contributed by atoms with Crippen molar-refractivity contribution in [2.75, 3.05) is 24.7 Å². The first-order valence-corrected chi connectivity index (χ1v) is 7.37. The summed E-state index contributed by atoms with van der Waals surface area (Å²) >= 11 is 1.62. The number of anilines is 1. The average molecular weight is 276 g/mol. The van der Waals surface area contributed by atoms with Crippen LogP contribution in [0.15, 0.2) is 11.4 Å². The maximum Gasteiger partial charge on any atom is 0.243 e. The van der Waals surface area contributed by atoms with Crippen LogP contribution in [0.2, 0.25) is 0 Å². The number of nitrogens with zero attached hydrogens (tertiary/aromatic N) is 4. The van der Waals surface area contributed by atoms with E-state index >= 15 is 0 Å². The van der Waals surface area contributed by atoms with Gasteiger partial charge in [0.25, 0.3) is 0 Å². The summed E-state index contributed by atoms with van der Waals surface area (Å²) in [5.41, 5.74) is 0. The van der Waals surface area contributed by atoms with Gasteiger partial charge in [-0.3, -0.25) is 4.79 Å².